The van der Waals surface area contributed by atoms with Crippen molar-refractivity contribution in [2.24, 2.45) is 5.73 Å². The lowest BCUT2D eigenvalue weighted by molar-refractivity contribution is -0.122. The molecule has 0 saturated heterocycles. The number of amides is 1. The highest BCUT2D eigenvalue weighted by Gasteiger charge is 2.42. The minimum Gasteiger partial charge on any atom is -0.353 e. The van der Waals surface area contributed by atoms with Crippen molar-refractivity contribution in [2.45, 2.75) is 30.1 Å². The van der Waals surface area contributed by atoms with Crippen LogP contribution in [0.3, 0.4) is 0 Å². The van der Waals surface area contributed by atoms with Crippen molar-refractivity contribution in [2.75, 3.05) is 24.8 Å². The second-order valence-electron chi connectivity index (χ2n) is 3.99. The van der Waals surface area contributed by atoms with E-state index in [2.05, 4.69) is 11.6 Å². The van der Waals surface area contributed by atoms with Crippen LogP contribution in [0, 0.1) is 0 Å². The van der Waals surface area contributed by atoms with Gasteiger partial charge in [0.15, 0.2) is 0 Å². The van der Waals surface area contributed by atoms with Crippen molar-refractivity contribution in [1.29, 1.82) is 0 Å². The SMILES string of the molecule is CSCC[C@@H](N)C(=O)NCC1(SC)CC1. The monoisotopic (exact) mass is 248 g/mol. The molecule has 0 aromatic carbocycles. The van der Waals surface area contributed by atoms with Crippen LogP contribution in [-0.2, 0) is 4.79 Å². The van der Waals surface area contributed by atoms with Gasteiger partial charge in [0.2, 0.25) is 5.91 Å². The zero-order valence-corrected chi connectivity index (χ0v) is 11.0. The molecule has 0 aliphatic heterocycles. The van der Waals surface area contributed by atoms with E-state index in [0.29, 0.717) is 4.75 Å². The Morgan fingerprint density at radius 3 is 2.67 bits per heavy atom. The molecule has 88 valence electrons. The summed E-state index contributed by atoms with van der Waals surface area (Å²) in [6.45, 7) is 0.778. The molecule has 1 aliphatic carbocycles. The lowest BCUT2D eigenvalue weighted by Gasteiger charge is -2.16. The maximum atomic E-state index is 11.6. The van der Waals surface area contributed by atoms with E-state index >= 15 is 0 Å². The Bertz CT molecular complexity index is 219. The zero-order valence-electron chi connectivity index (χ0n) is 9.41. The van der Waals surface area contributed by atoms with Gasteiger partial charge >= 0.3 is 0 Å². The number of hydrogen-bond acceptors (Lipinski definition) is 4. The number of hydrogen-bond donors (Lipinski definition) is 2. The summed E-state index contributed by atoms with van der Waals surface area (Å²) in [6.07, 6.45) is 7.33. The molecular weight excluding hydrogens is 228 g/mol. The summed E-state index contributed by atoms with van der Waals surface area (Å²) in [4.78, 5) is 11.6. The molecule has 3 N–H and O–H groups in total. The van der Waals surface area contributed by atoms with Gasteiger partial charge in [-0.15, -0.1) is 0 Å². The molecule has 0 bridgehead atoms. The quantitative estimate of drug-likeness (QED) is 0.708. The van der Waals surface area contributed by atoms with Crippen molar-refractivity contribution in [3.05, 3.63) is 0 Å². The predicted molar refractivity (Wildman–Crippen MR) is 69.5 cm³/mol. The first-order valence-corrected chi connectivity index (χ1v) is 7.83. The third kappa shape index (κ3) is 4.25. The number of rotatable bonds is 7. The highest BCUT2D eigenvalue weighted by Crippen LogP contribution is 2.46. The smallest absolute Gasteiger partial charge is 0.236 e. The maximum Gasteiger partial charge on any atom is 0.236 e. The van der Waals surface area contributed by atoms with Crippen LogP contribution < -0.4 is 11.1 Å². The third-order valence-corrected chi connectivity index (χ3v) is 4.86. The Morgan fingerprint density at radius 2 is 2.20 bits per heavy atom. The molecule has 5 heteroatoms. The number of thioether (sulfide) groups is 2. The molecular formula is C10H20N2OS2. The van der Waals surface area contributed by atoms with E-state index in [0.717, 1.165) is 18.7 Å². The van der Waals surface area contributed by atoms with Gasteiger partial charge in [0.05, 0.1) is 6.04 Å². The van der Waals surface area contributed by atoms with Crippen LogP contribution in [0.15, 0.2) is 0 Å². The van der Waals surface area contributed by atoms with Crippen LogP contribution in [-0.4, -0.2) is 41.5 Å². The highest BCUT2D eigenvalue weighted by atomic mass is 32.2. The molecule has 15 heavy (non-hydrogen) atoms. The second-order valence-corrected chi connectivity index (χ2v) is 6.25. The molecule has 1 rings (SSSR count). The summed E-state index contributed by atoms with van der Waals surface area (Å²) in [5.41, 5.74) is 5.76. The van der Waals surface area contributed by atoms with E-state index in [1.165, 1.54) is 12.8 Å². The minimum absolute atomic E-state index is 0.00405. The molecule has 0 aromatic rings. The van der Waals surface area contributed by atoms with E-state index < -0.39 is 0 Å². The molecule has 3 nitrogen and oxygen atoms in total. The maximum absolute atomic E-state index is 11.6. The molecule has 0 radical (unpaired) electrons. The zero-order chi connectivity index (χ0) is 11.3. The summed E-state index contributed by atoms with van der Waals surface area (Å²) in [5, 5.41) is 2.95. The second kappa shape index (κ2) is 6.01. The minimum atomic E-state index is -0.338. The fraction of sp³-hybridized carbons (Fsp3) is 0.900. The first-order chi connectivity index (χ1) is 7.13. The molecule has 0 spiro atoms. The number of nitrogens with one attached hydrogen (secondary N) is 1. The molecule has 1 amide bonds. The average Bonchev–Trinajstić information content (AvgIpc) is 3.03. The molecule has 1 fully saturated rings. The summed E-state index contributed by atoms with van der Waals surface area (Å²) < 4.78 is 0.328. The van der Waals surface area contributed by atoms with Gasteiger partial charge in [-0.05, 0) is 37.5 Å². The lowest BCUT2D eigenvalue weighted by atomic mass is 10.2. The Hall–Kier alpha value is 0.130. The van der Waals surface area contributed by atoms with E-state index in [4.69, 9.17) is 5.73 Å². The van der Waals surface area contributed by atoms with Gasteiger partial charge in [-0.1, -0.05) is 0 Å². The summed E-state index contributed by atoms with van der Waals surface area (Å²) >= 11 is 3.57. The fourth-order valence-corrected chi connectivity index (χ4v) is 2.56. The average molecular weight is 248 g/mol. The van der Waals surface area contributed by atoms with Gasteiger partial charge in [-0.3, -0.25) is 4.79 Å². The molecule has 0 unspecified atom stereocenters. The first kappa shape index (κ1) is 13.2. The van der Waals surface area contributed by atoms with Crippen molar-refractivity contribution in [3.63, 3.8) is 0 Å². The highest BCUT2D eigenvalue weighted by molar-refractivity contribution is 8.00. The summed E-state index contributed by atoms with van der Waals surface area (Å²) in [5.74, 6) is 0.951. The Morgan fingerprint density at radius 1 is 1.53 bits per heavy atom. The van der Waals surface area contributed by atoms with Gasteiger partial charge in [-0.2, -0.15) is 23.5 Å². The lowest BCUT2D eigenvalue weighted by Crippen LogP contribution is -2.43. The number of nitrogens with two attached hydrogens (primary N) is 1. The van der Waals surface area contributed by atoms with Gasteiger partial charge in [0.25, 0.3) is 0 Å². The van der Waals surface area contributed by atoms with E-state index in [-0.39, 0.29) is 11.9 Å². The normalized spacial score (nSPS) is 19.7. The van der Waals surface area contributed by atoms with Crippen LogP contribution >= 0.6 is 23.5 Å². The standard InChI is InChI=1S/C10H20N2OS2/c1-14-6-3-8(11)9(13)12-7-10(15-2)4-5-10/h8H,3-7,11H2,1-2H3,(H,12,13)/t8-/m1/s1. The van der Waals surface area contributed by atoms with Crippen molar-refractivity contribution in [1.82, 2.24) is 5.32 Å². The third-order valence-electron chi connectivity index (χ3n) is 2.80. The van der Waals surface area contributed by atoms with Crippen molar-refractivity contribution < 1.29 is 4.79 Å². The van der Waals surface area contributed by atoms with Crippen LogP contribution in [0.25, 0.3) is 0 Å². The predicted octanol–water partition coefficient (Wildman–Crippen LogP) is 1.08. The van der Waals surface area contributed by atoms with E-state index in [9.17, 15) is 4.79 Å². The van der Waals surface area contributed by atoms with Crippen LogP contribution in [0.2, 0.25) is 0 Å². The van der Waals surface area contributed by atoms with Crippen LogP contribution in [0.1, 0.15) is 19.3 Å². The topological polar surface area (TPSA) is 55.1 Å². The van der Waals surface area contributed by atoms with Gasteiger partial charge in [0.1, 0.15) is 0 Å². The molecule has 1 aliphatic rings. The van der Waals surface area contributed by atoms with Gasteiger partial charge < -0.3 is 11.1 Å². The summed E-state index contributed by atoms with van der Waals surface area (Å²) in [6, 6.07) is -0.338. The first-order valence-electron chi connectivity index (χ1n) is 5.21. The summed E-state index contributed by atoms with van der Waals surface area (Å²) in [7, 11) is 0. The van der Waals surface area contributed by atoms with Crippen LogP contribution in [0.4, 0.5) is 0 Å². The molecule has 1 saturated carbocycles. The Balaban J connectivity index is 2.17. The van der Waals surface area contributed by atoms with Crippen molar-refractivity contribution >= 4 is 29.4 Å². The van der Waals surface area contributed by atoms with E-state index in [1.54, 1.807) is 11.8 Å². The fourth-order valence-electron chi connectivity index (χ4n) is 1.35. The number of carbonyl (C=O) groups is 1. The largest absolute Gasteiger partial charge is 0.353 e. The van der Waals surface area contributed by atoms with Gasteiger partial charge in [0, 0.05) is 11.3 Å². The van der Waals surface area contributed by atoms with Gasteiger partial charge in [-0.25, -0.2) is 0 Å². The number of carbonyl (C=O) groups excluding carboxylic acids is 1. The molecule has 1 atom stereocenters. The Kier molecular flexibility index (Phi) is 5.29. The Labute approximate surface area is 100 Å². The molecule has 0 heterocycles. The van der Waals surface area contributed by atoms with Crippen LogP contribution in [0.5, 0.6) is 0 Å². The molecule has 0 aromatic heterocycles. The van der Waals surface area contributed by atoms with Crippen molar-refractivity contribution in [3.8, 4) is 0 Å². The van der Waals surface area contributed by atoms with E-state index in [1.807, 2.05) is 18.0 Å².